The molecule has 0 radical (unpaired) electrons. The quantitative estimate of drug-likeness (QED) is 0.738. The van der Waals surface area contributed by atoms with Crippen molar-refractivity contribution in [2.75, 3.05) is 16.3 Å². The van der Waals surface area contributed by atoms with Gasteiger partial charge in [0.2, 0.25) is 15.9 Å². The van der Waals surface area contributed by atoms with Crippen molar-refractivity contribution in [3.63, 3.8) is 0 Å². The number of rotatable bonds is 6. The zero-order valence-electron chi connectivity index (χ0n) is 12.3. The lowest BCUT2D eigenvalue weighted by atomic mass is 10.1. The SMILES string of the molecule is Cc1ccc(NS(C)(=O)=O)c(NC(=O)CCC(C)N)c1.Cl. The second-order valence-electron chi connectivity index (χ2n) is 4.99. The molecule has 21 heavy (non-hydrogen) atoms. The molecule has 1 aromatic rings. The van der Waals surface area contributed by atoms with Gasteiger partial charge in [0, 0.05) is 12.5 Å². The number of nitrogens with one attached hydrogen (secondary N) is 2. The Labute approximate surface area is 132 Å². The van der Waals surface area contributed by atoms with Gasteiger partial charge in [0.1, 0.15) is 0 Å². The Morgan fingerprint density at radius 2 is 1.95 bits per heavy atom. The predicted octanol–water partition coefficient (Wildman–Crippen LogP) is 1.85. The summed E-state index contributed by atoms with van der Waals surface area (Å²) >= 11 is 0. The number of hydrogen-bond donors (Lipinski definition) is 3. The second-order valence-corrected chi connectivity index (χ2v) is 6.74. The molecule has 120 valence electrons. The lowest BCUT2D eigenvalue weighted by Gasteiger charge is -2.13. The standard InChI is InChI=1S/C13H21N3O3S.ClH/c1-9-4-6-11(16-20(3,18)19)12(8-9)15-13(17)7-5-10(2)14;/h4,6,8,10,16H,5,7,14H2,1-3H3,(H,15,17);1H. The summed E-state index contributed by atoms with van der Waals surface area (Å²) in [5, 5.41) is 2.71. The summed E-state index contributed by atoms with van der Waals surface area (Å²) < 4.78 is 25.0. The van der Waals surface area contributed by atoms with E-state index >= 15 is 0 Å². The van der Waals surface area contributed by atoms with Crippen molar-refractivity contribution in [3.8, 4) is 0 Å². The normalized spacial score (nSPS) is 12.2. The van der Waals surface area contributed by atoms with Crippen LogP contribution in [0.15, 0.2) is 18.2 Å². The van der Waals surface area contributed by atoms with Crippen LogP contribution in [0.1, 0.15) is 25.3 Å². The Kier molecular flexibility index (Phi) is 7.70. The summed E-state index contributed by atoms with van der Waals surface area (Å²) in [6.07, 6.45) is 1.94. The largest absolute Gasteiger partial charge is 0.328 e. The zero-order valence-corrected chi connectivity index (χ0v) is 14.0. The van der Waals surface area contributed by atoms with Gasteiger partial charge in [-0.05, 0) is 38.0 Å². The molecule has 8 heteroatoms. The van der Waals surface area contributed by atoms with Gasteiger partial charge in [0.15, 0.2) is 0 Å². The Hall–Kier alpha value is -1.31. The Balaban J connectivity index is 0.00000400. The third-order valence-electron chi connectivity index (χ3n) is 2.57. The molecule has 1 unspecified atom stereocenters. The highest BCUT2D eigenvalue weighted by Crippen LogP contribution is 2.24. The number of amides is 1. The Morgan fingerprint density at radius 3 is 2.48 bits per heavy atom. The molecule has 1 amide bonds. The molecular formula is C13H22ClN3O3S. The van der Waals surface area contributed by atoms with Gasteiger partial charge in [-0.3, -0.25) is 9.52 Å². The van der Waals surface area contributed by atoms with Crippen molar-refractivity contribution in [2.24, 2.45) is 5.73 Å². The molecule has 0 saturated carbocycles. The number of nitrogens with two attached hydrogens (primary N) is 1. The smallest absolute Gasteiger partial charge is 0.229 e. The third kappa shape index (κ3) is 7.89. The van der Waals surface area contributed by atoms with Crippen molar-refractivity contribution in [1.29, 1.82) is 0 Å². The fraction of sp³-hybridized carbons (Fsp3) is 0.462. The van der Waals surface area contributed by atoms with Gasteiger partial charge in [-0.2, -0.15) is 0 Å². The zero-order chi connectivity index (χ0) is 15.3. The topological polar surface area (TPSA) is 101 Å². The number of anilines is 2. The lowest BCUT2D eigenvalue weighted by Crippen LogP contribution is -2.20. The summed E-state index contributed by atoms with van der Waals surface area (Å²) in [6, 6.07) is 5.06. The van der Waals surface area contributed by atoms with Crippen LogP contribution in [0.4, 0.5) is 11.4 Å². The van der Waals surface area contributed by atoms with Gasteiger partial charge in [-0.15, -0.1) is 12.4 Å². The monoisotopic (exact) mass is 335 g/mol. The molecule has 0 aromatic heterocycles. The first-order valence-corrected chi connectivity index (χ1v) is 8.20. The molecule has 0 aliphatic rings. The lowest BCUT2D eigenvalue weighted by molar-refractivity contribution is -0.116. The summed E-state index contributed by atoms with van der Waals surface area (Å²) in [6.45, 7) is 3.69. The summed E-state index contributed by atoms with van der Waals surface area (Å²) in [7, 11) is -3.40. The molecule has 0 spiro atoms. The van der Waals surface area contributed by atoms with E-state index in [4.69, 9.17) is 5.73 Å². The number of carbonyl (C=O) groups excluding carboxylic acids is 1. The third-order valence-corrected chi connectivity index (χ3v) is 3.16. The van der Waals surface area contributed by atoms with Gasteiger partial charge in [-0.1, -0.05) is 6.07 Å². The first kappa shape index (κ1) is 19.7. The minimum absolute atomic E-state index is 0. The first-order valence-electron chi connectivity index (χ1n) is 6.31. The minimum Gasteiger partial charge on any atom is -0.328 e. The molecule has 0 fully saturated rings. The van der Waals surface area contributed by atoms with Crippen LogP contribution in [0.2, 0.25) is 0 Å². The molecule has 4 N–H and O–H groups in total. The molecule has 0 aliphatic heterocycles. The number of hydrogen-bond acceptors (Lipinski definition) is 4. The average Bonchev–Trinajstić information content (AvgIpc) is 2.28. The predicted molar refractivity (Wildman–Crippen MR) is 88.4 cm³/mol. The number of carbonyl (C=O) groups is 1. The number of sulfonamides is 1. The highest BCUT2D eigenvalue weighted by molar-refractivity contribution is 7.92. The first-order chi connectivity index (χ1) is 9.17. The molecule has 6 nitrogen and oxygen atoms in total. The van der Waals surface area contributed by atoms with Crippen LogP contribution in [0, 0.1) is 6.92 Å². The van der Waals surface area contributed by atoms with E-state index in [9.17, 15) is 13.2 Å². The number of benzene rings is 1. The fourth-order valence-corrected chi connectivity index (χ4v) is 2.20. The van der Waals surface area contributed by atoms with E-state index in [0.717, 1.165) is 11.8 Å². The van der Waals surface area contributed by atoms with Gasteiger partial charge in [-0.25, -0.2) is 8.42 Å². The maximum Gasteiger partial charge on any atom is 0.229 e. The van der Waals surface area contributed by atoms with Gasteiger partial charge >= 0.3 is 0 Å². The maximum atomic E-state index is 11.8. The minimum atomic E-state index is -3.40. The van der Waals surface area contributed by atoms with E-state index < -0.39 is 10.0 Å². The van der Waals surface area contributed by atoms with Crippen molar-refractivity contribution in [2.45, 2.75) is 32.7 Å². The van der Waals surface area contributed by atoms with Crippen molar-refractivity contribution >= 4 is 39.7 Å². The van der Waals surface area contributed by atoms with Gasteiger partial charge in [0.05, 0.1) is 17.6 Å². The van der Waals surface area contributed by atoms with E-state index in [0.29, 0.717) is 24.2 Å². The maximum absolute atomic E-state index is 11.8. The summed E-state index contributed by atoms with van der Waals surface area (Å²) in [4.78, 5) is 11.8. The van der Waals surface area contributed by atoms with Gasteiger partial charge in [0.25, 0.3) is 0 Å². The van der Waals surface area contributed by atoms with E-state index in [1.807, 2.05) is 13.8 Å². The molecule has 1 atom stereocenters. The fourth-order valence-electron chi connectivity index (χ4n) is 1.62. The van der Waals surface area contributed by atoms with Crippen LogP contribution in [-0.2, 0) is 14.8 Å². The second kappa shape index (κ2) is 8.21. The van der Waals surface area contributed by atoms with Crippen LogP contribution in [0.25, 0.3) is 0 Å². The molecular weight excluding hydrogens is 314 g/mol. The Bertz CT molecular complexity index is 588. The van der Waals surface area contributed by atoms with Crippen LogP contribution >= 0.6 is 12.4 Å². The summed E-state index contributed by atoms with van der Waals surface area (Å²) in [5.74, 6) is -0.190. The molecule has 1 rings (SSSR count). The molecule has 0 bridgehead atoms. The highest BCUT2D eigenvalue weighted by Gasteiger charge is 2.11. The van der Waals surface area contributed by atoms with Crippen molar-refractivity contribution in [1.82, 2.24) is 0 Å². The molecule has 0 saturated heterocycles. The molecule has 0 heterocycles. The van der Waals surface area contributed by atoms with Crippen LogP contribution in [0.3, 0.4) is 0 Å². The van der Waals surface area contributed by atoms with E-state index in [1.54, 1.807) is 18.2 Å². The van der Waals surface area contributed by atoms with Crippen molar-refractivity contribution < 1.29 is 13.2 Å². The van der Waals surface area contributed by atoms with Gasteiger partial charge < -0.3 is 11.1 Å². The van der Waals surface area contributed by atoms with Crippen LogP contribution in [0.5, 0.6) is 0 Å². The van der Waals surface area contributed by atoms with Crippen molar-refractivity contribution in [3.05, 3.63) is 23.8 Å². The Morgan fingerprint density at radius 1 is 1.33 bits per heavy atom. The number of aryl methyl sites for hydroxylation is 1. The highest BCUT2D eigenvalue weighted by atomic mass is 35.5. The van der Waals surface area contributed by atoms with E-state index in [2.05, 4.69) is 10.0 Å². The number of halogens is 1. The van der Waals surface area contributed by atoms with Crippen LogP contribution in [-0.4, -0.2) is 26.6 Å². The van der Waals surface area contributed by atoms with E-state index in [1.165, 1.54) is 0 Å². The van der Waals surface area contributed by atoms with E-state index in [-0.39, 0.29) is 24.4 Å². The van der Waals surface area contributed by atoms with Crippen LogP contribution < -0.4 is 15.8 Å². The molecule has 0 aliphatic carbocycles. The average molecular weight is 336 g/mol. The summed E-state index contributed by atoms with van der Waals surface area (Å²) in [5.41, 5.74) is 7.33. The molecule has 1 aromatic carbocycles.